The van der Waals surface area contributed by atoms with Crippen LogP contribution in [0, 0.1) is 11.3 Å². The minimum atomic E-state index is -4.45. The Labute approximate surface area is 218 Å². The van der Waals surface area contributed by atoms with E-state index in [-0.39, 0.29) is 6.42 Å². The summed E-state index contributed by atoms with van der Waals surface area (Å²) in [6, 6.07) is 20.1. The van der Waals surface area contributed by atoms with Gasteiger partial charge in [0.2, 0.25) is 11.8 Å². The van der Waals surface area contributed by atoms with E-state index in [9.17, 15) is 22.8 Å². The molecule has 0 saturated heterocycles. The van der Waals surface area contributed by atoms with Gasteiger partial charge in [-0.05, 0) is 66.1 Å². The molecule has 3 aromatic rings. The molecule has 2 amide bonds. The van der Waals surface area contributed by atoms with Crippen molar-refractivity contribution in [3.05, 3.63) is 108 Å². The lowest BCUT2D eigenvalue weighted by Gasteiger charge is -2.12. The van der Waals surface area contributed by atoms with Crippen LogP contribution in [0.1, 0.15) is 30.0 Å². The number of alkyl halides is 3. The Morgan fingerprint density at radius 2 is 1.55 bits per heavy atom. The summed E-state index contributed by atoms with van der Waals surface area (Å²) >= 11 is 0. The minimum absolute atomic E-state index is 0.290. The van der Waals surface area contributed by atoms with Crippen LogP contribution in [0.4, 0.5) is 24.5 Å². The summed E-state index contributed by atoms with van der Waals surface area (Å²) in [5, 5.41) is 13.8. The van der Waals surface area contributed by atoms with Crippen LogP contribution in [-0.4, -0.2) is 18.4 Å². The lowest BCUT2D eigenvalue weighted by Crippen LogP contribution is -2.11. The molecule has 0 bridgehead atoms. The van der Waals surface area contributed by atoms with Crippen LogP contribution in [-0.2, 0) is 15.8 Å². The lowest BCUT2D eigenvalue weighted by molar-refractivity contribution is -0.137. The van der Waals surface area contributed by atoms with Gasteiger partial charge in [-0.1, -0.05) is 42.5 Å². The highest BCUT2D eigenvalue weighted by Crippen LogP contribution is 2.32. The molecule has 0 radical (unpaired) electrons. The third-order valence-corrected chi connectivity index (χ3v) is 5.16. The van der Waals surface area contributed by atoms with E-state index in [0.717, 1.165) is 17.7 Å². The molecular weight excluding hydrogens is 495 g/mol. The number of anilines is 2. The zero-order valence-corrected chi connectivity index (χ0v) is 20.4. The normalized spacial score (nSPS) is 11.6. The van der Waals surface area contributed by atoms with E-state index in [0.29, 0.717) is 34.9 Å². The van der Waals surface area contributed by atoms with Crippen molar-refractivity contribution in [2.45, 2.75) is 19.5 Å². The summed E-state index contributed by atoms with van der Waals surface area (Å²) in [7, 11) is 0. The molecule has 3 rings (SSSR count). The van der Waals surface area contributed by atoms with Crippen molar-refractivity contribution >= 4 is 28.8 Å². The molecule has 2 N–H and O–H groups in total. The van der Waals surface area contributed by atoms with Crippen LogP contribution in [0.15, 0.2) is 91.0 Å². The number of allylic oxidation sites excluding steroid dienone is 2. The smallest absolute Gasteiger partial charge is 0.416 e. The maximum absolute atomic E-state index is 13.0. The summed E-state index contributed by atoms with van der Waals surface area (Å²) in [5.41, 5.74) is 1.95. The molecule has 194 valence electrons. The molecule has 0 heterocycles. The van der Waals surface area contributed by atoms with E-state index in [4.69, 9.17) is 10.00 Å². The molecule has 0 unspecified atom stereocenters. The molecule has 0 spiro atoms. The molecule has 0 fully saturated rings. The minimum Gasteiger partial charge on any atom is -0.494 e. The third kappa shape index (κ3) is 8.10. The molecule has 0 saturated carbocycles. The summed E-state index contributed by atoms with van der Waals surface area (Å²) in [6.45, 7) is 2.35. The molecule has 0 aliphatic carbocycles. The SMILES string of the molecule is CCOc1ccc(/C(=C/C=C/C(=O)Nc2cccc(NC(=O)CC#N)c2)c2ccc(C(F)(F)F)cc2)cc1. The average Bonchev–Trinajstić information content (AvgIpc) is 2.87. The van der Waals surface area contributed by atoms with Gasteiger partial charge in [0.15, 0.2) is 0 Å². The monoisotopic (exact) mass is 519 g/mol. The van der Waals surface area contributed by atoms with Gasteiger partial charge in [-0.15, -0.1) is 0 Å². The van der Waals surface area contributed by atoms with Gasteiger partial charge in [-0.2, -0.15) is 18.4 Å². The number of ether oxygens (including phenoxy) is 1. The molecule has 0 atom stereocenters. The number of hydrogen-bond donors (Lipinski definition) is 2. The fourth-order valence-electron chi connectivity index (χ4n) is 3.46. The molecular formula is C29H24F3N3O3. The number of nitrogens with zero attached hydrogens (tertiary/aromatic N) is 1. The highest BCUT2D eigenvalue weighted by molar-refractivity contribution is 6.00. The predicted octanol–water partition coefficient (Wildman–Crippen LogP) is 6.58. The molecule has 0 aliphatic heterocycles. The Hall–Kier alpha value is -4.84. The van der Waals surface area contributed by atoms with Gasteiger partial charge in [0.25, 0.3) is 0 Å². The van der Waals surface area contributed by atoms with Crippen molar-refractivity contribution in [3.8, 4) is 11.8 Å². The van der Waals surface area contributed by atoms with E-state index < -0.39 is 23.6 Å². The molecule has 38 heavy (non-hydrogen) atoms. The van der Waals surface area contributed by atoms with Gasteiger partial charge < -0.3 is 15.4 Å². The van der Waals surface area contributed by atoms with Crippen molar-refractivity contribution in [3.63, 3.8) is 0 Å². The largest absolute Gasteiger partial charge is 0.494 e. The maximum atomic E-state index is 13.0. The van der Waals surface area contributed by atoms with Crippen LogP contribution in [0.5, 0.6) is 5.75 Å². The molecule has 0 aliphatic rings. The molecule has 9 heteroatoms. The zero-order chi connectivity index (χ0) is 27.5. The maximum Gasteiger partial charge on any atom is 0.416 e. The van der Waals surface area contributed by atoms with Gasteiger partial charge in [-0.25, -0.2) is 0 Å². The van der Waals surface area contributed by atoms with Crippen molar-refractivity contribution in [2.24, 2.45) is 0 Å². The number of carbonyl (C=O) groups excluding carboxylic acids is 2. The predicted molar refractivity (Wildman–Crippen MR) is 139 cm³/mol. The highest BCUT2D eigenvalue weighted by atomic mass is 19.4. The number of nitrogens with one attached hydrogen (secondary N) is 2. The third-order valence-electron chi connectivity index (χ3n) is 5.16. The van der Waals surface area contributed by atoms with Crippen LogP contribution in [0.2, 0.25) is 0 Å². The second-order valence-electron chi connectivity index (χ2n) is 7.93. The Morgan fingerprint density at radius 1 is 0.947 bits per heavy atom. The summed E-state index contributed by atoms with van der Waals surface area (Å²) in [4.78, 5) is 24.1. The molecule has 0 aromatic heterocycles. The van der Waals surface area contributed by atoms with Gasteiger partial charge in [0, 0.05) is 17.5 Å². The van der Waals surface area contributed by atoms with Crippen molar-refractivity contribution in [1.29, 1.82) is 5.26 Å². The first kappa shape index (κ1) is 27.7. The summed E-state index contributed by atoms with van der Waals surface area (Å²) < 4.78 is 44.6. The summed E-state index contributed by atoms with van der Waals surface area (Å²) in [6.07, 6.45) is -0.329. The topological polar surface area (TPSA) is 91.2 Å². The Kier molecular flexibility index (Phi) is 9.43. The van der Waals surface area contributed by atoms with Crippen LogP contribution in [0.25, 0.3) is 5.57 Å². The van der Waals surface area contributed by atoms with Crippen molar-refractivity contribution in [2.75, 3.05) is 17.2 Å². The first-order valence-electron chi connectivity index (χ1n) is 11.6. The molecule has 3 aromatic carbocycles. The number of carbonyl (C=O) groups is 2. The lowest BCUT2D eigenvalue weighted by atomic mass is 9.96. The zero-order valence-electron chi connectivity index (χ0n) is 20.4. The number of hydrogen-bond acceptors (Lipinski definition) is 4. The fourth-order valence-corrected chi connectivity index (χ4v) is 3.46. The first-order valence-corrected chi connectivity index (χ1v) is 11.6. The number of benzene rings is 3. The average molecular weight is 520 g/mol. The fraction of sp³-hybridized carbons (Fsp3) is 0.138. The van der Waals surface area contributed by atoms with E-state index in [1.54, 1.807) is 60.7 Å². The summed E-state index contributed by atoms with van der Waals surface area (Å²) in [5.74, 6) is -0.268. The van der Waals surface area contributed by atoms with Gasteiger partial charge in [0.1, 0.15) is 12.2 Å². The van der Waals surface area contributed by atoms with E-state index >= 15 is 0 Å². The number of amides is 2. The van der Waals surface area contributed by atoms with Crippen LogP contribution in [0.3, 0.4) is 0 Å². The Morgan fingerprint density at radius 3 is 2.13 bits per heavy atom. The van der Waals surface area contributed by atoms with Gasteiger partial charge >= 0.3 is 6.18 Å². The standard InChI is InChI=1S/C29H24F3N3O3/c1-2-38-25-15-11-21(12-16-25)26(20-9-13-22(14-10-20)29(30,31)32)7-4-8-27(36)34-23-5-3-6-24(19-23)35-28(37)17-18-33/h3-16,19H,2,17H2,1H3,(H,34,36)(H,35,37)/b8-4+,26-7+. The second kappa shape index (κ2) is 12.9. The number of halogens is 3. The number of nitriles is 1. The van der Waals surface area contributed by atoms with Crippen molar-refractivity contribution < 1.29 is 27.5 Å². The van der Waals surface area contributed by atoms with Gasteiger partial charge in [0.05, 0.1) is 18.2 Å². The van der Waals surface area contributed by atoms with E-state index in [1.807, 2.05) is 6.92 Å². The second-order valence-corrected chi connectivity index (χ2v) is 7.93. The highest BCUT2D eigenvalue weighted by Gasteiger charge is 2.30. The van der Waals surface area contributed by atoms with E-state index in [2.05, 4.69) is 10.6 Å². The molecule has 6 nitrogen and oxygen atoms in total. The van der Waals surface area contributed by atoms with Gasteiger partial charge in [-0.3, -0.25) is 9.59 Å². The van der Waals surface area contributed by atoms with E-state index in [1.165, 1.54) is 24.3 Å². The Balaban J connectivity index is 1.81. The quantitative estimate of drug-likeness (QED) is 0.247. The van der Waals surface area contributed by atoms with Crippen LogP contribution >= 0.6 is 0 Å². The Bertz CT molecular complexity index is 1370. The van der Waals surface area contributed by atoms with Crippen LogP contribution < -0.4 is 15.4 Å². The van der Waals surface area contributed by atoms with Crippen molar-refractivity contribution in [1.82, 2.24) is 0 Å². The first-order chi connectivity index (χ1) is 18.2. The number of rotatable bonds is 9.